The zero-order chi connectivity index (χ0) is 12.4. The Bertz CT molecular complexity index is 547. The molecule has 0 heterocycles. The van der Waals surface area contributed by atoms with Crippen LogP contribution in [-0.2, 0) is 6.42 Å². The summed E-state index contributed by atoms with van der Waals surface area (Å²) in [5.74, 6) is -0.164. The van der Waals surface area contributed by atoms with E-state index in [1.807, 2.05) is 6.92 Å². The van der Waals surface area contributed by atoms with Crippen molar-refractivity contribution in [3.05, 3.63) is 42.0 Å². The van der Waals surface area contributed by atoms with Crippen LogP contribution in [0, 0.1) is 0 Å². The molecule has 0 spiro atoms. The normalized spacial score (nSPS) is 10.4. The number of benzene rings is 2. The number of rotatable bonds is 2. The van der Waals surface area contributed by atoms with Crippen molar-refractivity contribution in [2.24, 2.45) is 0 Å². The fourth-order valence-electron chi connectivity index (χ4n) is 1.90. The summed E-state index contributed by atoms with van der Waals surface area (Å²) in [5, 5.41) is 28.9. The van der Waals surface area contributed by atoms with Crippen LogP contribution in [0.1, 0.15) is 12.5 Å². The summed E-state index contributed by atoms with van der Waals surface area (Å²) in [6.45, 7) is 1.97. The van der Waals surface area contributed by atoms with Gasteiger partial charge in [0.25, 0.3) is 0 Å². The van der Waals surface area contributed by atoms with E-state index in [4.69, 9.17) is 0 Å². The summed E-state index contributed by atoms with van der Waals surface area (Å²) in [4.78, 5) is 0. The van der Waals surface area contributed by atoms with E-state index >= 15 is 0 Å². The van der Waals surface area contributed by atoms with Gasteiger partial charge < -0.3 is 15.3 Å². The second-order valence-electron chi connectivity index (χ2n) is 3.87. The molecule has 0 bridgehead atoms. The zero-order valence-corrected chi connectivity index (χ0v) is 9.51. The molecule has 0 amide bonds. The van der Waals surface area contributed by atoms with Gasteiger partial charge in [-0.15, -0.1) is 0 Å². The van der Waals surface area contributed by atoms with E-state index in [1.165, 1.54) is 6.07 Å². The number of hydrogen-bond acceptors (Lipinski definition) is 3. The van der Waals surface area contributed by atoms with Crippen molar-refractivity contribution in [3.8, 4) is 28.4 Å². The maximum atomic E-state index is 9.92. The maximum absolute atomic E-state index is 9.92. The number of phenolic OH excluding ortho intramolecular Hbond substituents is 3. The van der Waals surface area contributed by atoms with Gasteiger partial charge in [0.1, 0.15) is 5.75 Å². The first-order valence-corrected chi connectivity index (χ1v) is 5.46. The lowest BCUT2D eigenvalue weighted by Crippen LogP contribution is -1.89. The molecule has 3 N–H and O–H groups in total. The summed E-state index contributed by atoms with van der Waals surface area (Å²) >= 11 is 0. The van der Waals surface area contributed by atoms with Crippen LogP contribution >= 0.6 is 0 Å². The molecule has 3 nitrogen and oxygen atoms in total. The Balaban J connectivity index is 2.69. The molecular formula is C14H14O3. The van der Waals surface area contributed by atoms with Crippen molar-refractivity contribution in [3.63, 3.8) is 0 Å². The van der Waals surface area contributed by atoms with Gasteiger partial charge >= 0.3 is 0 Å². The summed E-state index contributed by atoms with van der Waals surface area (Å²) in [6.07, 6.45) is 0.735. The lowest BCUT2D eigenvalue weighted by molar-refractivity contribution is 0.404. The van der Waals surface area contributed by atoms with Crippen LogP contribution in [0.5, 0.6) is 17.2 Å². The highest BCUT2D eigenvalue weighted by atomic mass is 16.3. The van der Waals surface area contributed by atoms with Crippen LogP contribution in [0.25, 0.3) is 11.1 Å². The molecule has 0 unspecified atom stereocenters. The van der Waals surface area contributed by atoms with Crippen LogP contribution in [0.2, 0.25) is 0 Å². The SMILES string of the molecule is CCc1ccc(O)c(O)c1-c1cccc(O)c1. The molecule has 0 aromatic heterocycles. The summed E-state index contributed by atoms with van der Waals surface area (Å²) in [7, 11) is 0. The third-order valence-electron chi connectivity index (χ3n) is 2.76. The number of aryl methyl sites for hydroxylation is 1. The Morgan fingerprint density at radius 1 is 1.00 bits per heavy atom. The van der Waals surface area contributed by atoms with Crippen molar-refractivity contribution in [1.29, 1.82) is 0 Å². The molecule has 0 aliphatic carbocycles. The van der Waals surface area contributed by atoms with Gasteiger partial charge in [-0.2, -0.15) is 0 Å². The minimum atomic E-state index is -0.152. The summed E-state index contributed by atoms with van der Waals surface area (Å²) in [5.41, 5.74) is 2.18. The first-order valence-electron chi connectivity index (χ1n) is 5.46. The highest BCUT2D eigenvalue weighted by molar-refractivity contribution is 5.77. The Hall–Kier alpha value is -2.16. The van der Waals surface area contributed by atoms with Gasteiger partial charge in [0, 0.05) is 5.56 Å². The Morgan fingerprint density at radius 2 is 1.76 bits per heavy atom. The molecule has 0 fully saturated rings. The van der Waals surface area contributed by atoms with E-state index in [2.05, 4.69) is 0 Å². The Kier molecular flexibility index (Phi) is 2.91. The standard InChI is InChI=1S/C14H14O3/c1-2-9-6-7-12(16)14(17)13(9)10-4-3-5-11(15)8-10/h3-8,15-17H,2H2,1H3. The first kappa shape index (κ1) is 11.3. The van der Waals surface area contributed by atoms with Gasteiger partial charge in [-0.1, -0.05) is 25.1 Å². The van der Waals surface area contributed by atoms with Gasteiger partial charge in [-0.05, 0) is 35.7 Å². The molecule has 0 aliphatic heterocycles. The predicted octanol–water partition coefficient (Wildman–Crippen LogP) is 3.03. The Morgan fingerprint density at radius 3 is 2.41 bits per heavy atom. The lowest BCUT2D eigenvalue weighted by Gasteiger charge is -2.12. The molecule has 17 heavy (non-hydrogen) atoms. The van der Waals surface area contributed by atoms with Crippen LogP contribution in [0.15, 0.2) is 36.4 Å². The Labute approximate surface area is 99.6 Å². The quantitative estimate of drug-likeness (QED) is 0.695. The van der Waals surface area contributed by atoms with Crippen molar-refractivity contribution in [1.82, 2.24) is 0 Å². The molecule has 2 rings (SSSR count). The molecule has 88 valence electrons. The number of phenols is 3. The predicted molar refractivity (Wildman–Crippen MR) is 66.3 cm³/mol. The topological polar surface area (TPSA) is 60.7 Å². The molecule has 0 saturated carbocycles. The summed E-state index contributed by atoms with van der Waals surface area (Å²) in [6, 6.07) is 9.86. The second-order valence-corrected chi connectivity index (χ2v) is 3.87. The van der Waals surface area contributed by atoms with Crippen molar-refractivity contribution >= 4 is 0 Å². The van der Waals surface area contributed by atoms with Crippen molar-refractivity contribution < 1.29 is 15.3 Å². The van der Waals surface area contributed by atoms with E-state index in [-0.39, 0.29) is 17.2 Å². The van der Waals surface area contributed by atoms with Gasteiger partial charge in [-0.25, -0.2) is 0 Å². The van der Waals surface area contributed by atoms with Crippen molar-refractivity contribution in [2.75, 3.05) is 0 Å². The van der Waals surface area contributed by atoms with E-state index in [1.54, 1.807) is 30.3 Å². The minimum absolute atomic E-state index is 0.132. The number of hydrogen-bond donors (Lipinski definition) is 3. The van der Waals surface area contributed by atoms with Gasteiger partial charge in [0.05, 0.1) is 0 Å². The van der Waals surface area contributed by atoms with E-state index in [0.717, 1.165) is 12.0 Å². The van der Waals surface area contributed by atoms with E-state index in [0.29, 0.717) is 11.1 Å². The molecule has 0 aliphatic rings. The average molecular weight is 230 g/mol. The third kappa shape index (κ3) is 2.04. The van der Waals surface area contributed by atoms with Gasteiger partial charge in [-0.3, -0.25) is 0 Å². The first-order chi connectivity index (χ1) is 8.13. The maximum Gasteiger partial charge on any atom is 0.165 e. The van der Waals surface area contributed by atoms with Crippen molar-refractivity contribution in [2.45, 2.75) is 13.3 Å². The van der Waals surface area contributed by atoms with E-state index in [9.17, 15) is 15.3 Å². The second kappa shape index (κ2) is 4.37. The molecule has 0 saturated heterocycles. The van der Waals surface area contributed by atoms with Crippen LogP contribution in [0.3, 0.4) is 0 Å². The fraction of sp³-hybridized carbons (Fsp3) is 0.143. The van der Waals surface area contributed by atoms with E-state index < -0.39 is 0 Å². The minimum Gasteiger partial charge on any atom is -0.508 e. The number of aromatic hydroxyl groups is 3. The average Bonchev–Trinajstić information content (AvgIpc) is 2.32. The van der Waals surface area contributed by atoms with Crippen LogP contribution < -0.4 is 0 Å². The monoisotopic (exact) mass is 230 g/mol. The highest BCUT2D eigenvalue weighted by Gasteiger charge is 2.13. The molecule has 0 radical (unpaired) electrons. The molecule has 2 aromatic rings. The third-order valence-corrected chi connectivity index (χ3v) is 2.76. The molecular weight excluding hydrogens is 216 g/mol. The smallest absolute Gasteiger partial charge is 0.165 e. The molecule has 0 atom stereocenters. The van der Waals surface area contributed by atoms with Crippen LogP contribution in [0.4, 0.5) is 0 Å². The highest BCUT2D eigenvalue weighted by Crippen LogP contribution is 2.40. The lowest BCUT2D eigenvalue weighted by atomic mass is 9.96. The fourth-order valence-corrected chi connectivity index (χ4v) is 1.90. The van der Waals surface area contributed by atoms with Crippen LogP contribution in [-0.4, -0.2) is 15.3 Å². The molecule has 3 heteroatoms. The summed E-state index contributed by atoms with van der Waals surface area (Å²) < 4.78 is 0. The zero-order valence-electron chi connectivity index (χ0n) is 9.51. The van der Waals surface area contributed by atoms with Gasteiger partial charge in [0.15, 0.2) is 11.5 Å². The molecule has 2 aromatic carbocycles. The largest absolute Gasteiger partial charge is 0.508 e. The van der Waals surface area contributed by atoms with Gasteiger partial charge in [0.2, 0.25) is 0 Å².